The van der Waals surface area contributed by atoms with Crippen LogP contribution in [0.25, 0.3) is 0 Å². The number of methoxy groups -OCH3 is 1. The van der Waals surface area contributed by atoms with Crippen molar-refractivity contribution in [2.75, 3.05) is 13.7 Å². The highest BCUT2D eigenvalue weighted by atomic mass is 16.5. The van der Waals surface area contributed by atoms with Gasteiger partial charge < -0.3 is 20.3 Å². The smallest absolute Gasteiger partial charge is 0.321 e. The Balaban J connectivity index is 3.91. The van der Waals surface area contributed by atoms with Gasteiger partial charge >= 0.3 is 17.9 Å². The average molecular weight is 219 g/mol. The third-order valence-corrected chi connectivity index (χ3v) is 1.62. The van der Waals surface area contributed by atoms with Gasteiger partial charge in [0.25, 0.3) is 0 Å². The van der Waals surface area contributed by atoms with Crippen LogP contribution in [0.4, 0.5) is 0 Å². The van der Waals surface area contributed by atoms with Gasteiger partial charge in [-0.15, -0.1) is 0 Å². The first-order valence-electron chi connectivity index (χ1n) is 4.22. The molecule has 0 aliphatic rings. The molecule has 0 spiro atoms. The van der Waals surface area contributed by atoms with Crippen molar-refractivity contribution in [3.05, 3.63) is 0 Å². The second-order valence-corrected chi connectivity index (χ2v) is 2.77. The number of carbonyl (C=O) groups is 3. The second-order valence-electron chi connectivity index (χ2n) is 2.77. The summed E-state index contributed by atoms with van der Waals surface area (Å²) < 4.78 is 4.33. The zero-order valence-corrected chi connectivity index (χ0v) is 8.23. The molecule has 0 rings (SSSR count). The molecule has 0 aromatic heterocycles. The molecule has 3 N–H and O–H groups in total. The van der Waals surface area contributed by atoms with E-state index in [1.807, 2.05) is 0 Å². The molecule has 0 fully saturated rings. The third kappa shape index (κ3) is 6.44. The summed E-state index contributed by atoms with van der Waals surface area (Å²) in [7, 11) is 1.22. The van der Waals surface area contributed by atoms with E-state index in [0.29, 0.717) is 0 Å². The number of ether oxygens (including phenoxy) is 1. The Morgan fingerprint density at radius 3 is 2.33 bits per heavy atom. The van der Waals surface area contributed by atoms with E-state index in [1.54, 1.807) is 0 Å². The van der Waals surface area contributed by atoms with Crippen molar-refractivity contribution in [1.29, 1.82) is 0 Å². The fourth-order valence-corrected chi connectivity index (χ4v) is 0.872. The zero-order valence-electron chi connectivity index (χ0n) is 8.23. The maximum atomic E-state index is 10.7. The predicted octanol–water partition coefficient (Wildman–Crippen LogP) is -0.933. The van der Waals surface area contributed by atoms with Gasteiger partial charge in [-0.05, 0) is 0 Å². The molecule has 0 heterocycles. The number of carboxylic acids is 2. The lowest BCUT2D eigenvalue weighted by Gasteiger charge is -2.11. The standard InChI is InChI=1S/C8H13NO6/c1-15-7(12)2-3-9-5(8(13)14)4-6(10)11/h5,9H,2-4H2,1H3,(H,10,11)(H,13,14). The summed E-state index contributed by atoms with van der Waals surface area (Å²) in [6.07, 6.45) is -0.531. The molecule has 0 radical (unpaired) electrons. The van der Waals surface area contributed by atoms with Crippen molar-refractivity contribution >= 4 is 17.9 Å². The maximum Gasteiger partial charge on any atom is 0.321 e. The molecule has 0 saturated heterocycles. The first-order chi connectivity index (χ1) is 6.97. The van der Waals surface area contributed by atoms with Crippen LogP contribution in [0, 0.1) is 0 Å². The van der Waals surface area contributed by atoms with E-state index in [-0.39, 0.29) is 13.0 Å². The molecule has 0 aromatic carbocycles. The third-order valence-electron chi connectivity index (χ3n) is 1.62. The lowest BCUT2D eigenvalue weighted by Crippen LogP contribution is -2.39. The summed E-state index contributed by atoms with van der Waals surface area (Å²) in [5.41, 5.74) is 0. The van der Waals surface area contributed by atoms with Gasteiger partial charge in [-0.25, -0.2) is 0 Å². The first kappa shape index (κ1) is 13.4. The van der Waals surface area contributed by atoms with Crippen LogP contribution in [-0.2, 0) is 19.1 Å². The quantitative estimate of drug-likeness (QED) is 0.474. The van der Waals surface area contributed by atoms with Crippen LogP contribution in [0.2, 0.25) is 0 Å². The molecule has 1 atom stereocenters. The van der Waals surface area contributed by atoms with Gasteiger partial charge in [-0.1, -0.05) is 0 Å². The Kier molecular flexibility index (Phi) is 6.03. The van der Waals surface area contributed by atoms with E-state index in [1.165, 1.54) is 7.11 Å². The van der Waals surface area contributed by atoms with Crippen molar-refractivity contribution in [2.24, 2.45) is 0 Å². The zero-order chi connectivity index (χ0) is 11.8. The number of rotatable bonds is 7. The molecule has 0 aliphatic heterocycles. The number of hydrogen-bond donors (Lipinski definition) is 3. The van der Waals surface area contributed by atoms with Gasteiger partial charge in [0.2, 0.25) is 0 Å². The molecule has 1 unspecified atom stereocenters. The summed E-state index contributed by atoms with van der Waals surface area (Å²) in [6.45, 7) is 0.0664. The summed E-state index contributed by atoms with van der Waals surface area (Å²) >= 11 is 0. The Morgan fingerprint density at radius 1 is 1.33 bits per heavy atom. The lowest BCUT2D eigenvalue weighted by atomic mass is 10.2. The summed E-state index contributed by atoms with van der Waals surface area (Å²) in [6, 6.07) is -1.19. The summed E-state index contributed by atoms with van der Waals surface area (Å²) in [4.78, 5) is 31.5. The van der Waals surface area contributed by atoms with Crippen molar-refractivity contribution in [3.63, 3.8) is 0 Å². The Morgan fingerprint density at radius 2 is 1.93 bits per heavy atom. The Hall–Kier alpha value is -1.63. The van der Waals surface area contributed by atoms with Gasteiger partial charge in [0.15, 0.2) is 0 Å². The molecule has 7 nitrogen and oxygen atoms in total. The number of aliphatic carboxylic acids is 2. The van der Waals surface area contributed by atoms with Crippen molar-refractivity contribution < 1.29 is 29.3 Å². The monoisotopic (exact) mass is 219 g/mol. The molecule has 0 aliphatic carbocycles. The van der Waals surface area contributed by atoms with Crippen LogP contribution >= 0.6 is 0 Å². The molecule has 7 heteroatoms. The summed E-state index contributed by atoms with van der Waals surface area (Å²) in [5.74, 6) is -2.96. The van der Waals surface area contributed by atoms with Crippen molar-refractivity contribution in [3.8, 4) is 0 Å². The lowest BCUT2D eigenvalue weighted by molar-refractivity contribution is -0.146. The van der Waals surface area contributed by atoms with Gasteiger partial charge in [0.1, 0.15) is 6.04 Å². The first-order valence-corrected chi connectivity index (χ1v) is 4.22. The minimum atomic E-state index is -1.26. The van der Waals surface area contributed by atoms with E-state index in [2.05, 4.69) is 10.1 Å². The predicted molar refractivity (Wildman–Crippen MR) is 48.3 cm³/mol. The van der Waals surface area contributed by atoms with E-state index in [4.69, 9.17) is 10.2 Å². The van der Waals surface area contributed by atoms with Crippen LogP contribution in [0.5, 0.6) is 0 Å². The average Bonchev–Trinajstić information content (AvgIpc) is 2.15. The number of nitrogens with one attached hydrogen (secondary N) is 1. The molecule has 0 amide bonds. The van der Waals surface area contributed by atoms with Crippen LogP contribution in [-0.4, -0.2) is 47.8 Å². The van der Waals surface area contributed by atoms with Gasteiger partial charge in [-0.3, -0.25) is 14.4 Å². The highest BCUT2D eigenvalue weighted by Gasteiger charge is 2.20. The molecule has 15 heavy (non-hydrogen) atoms. The SMILES string of the molecule is COC(=O)CCNC(CC(=O)O)C(=O)O. The van der Waals surface area contributed by atoms with Crippen LogP contribution < -0.4 is 5.32 Å². The Labute approximate surface area is 86.0 Å². The van der Waals surface area contributed by atoms with Gasteiger partial charge in [0.05, 0.1) is 20.0 Å². The number of carboxylic acid groups (broad SMARTS) is 2. The highest BCUT2D eigenvalue weighted by Crippen LogP contribution is 1.93. The van der Waals surface area contributed by atoms with Gasteiger partial charge in [0, 0.05) is 6.54 Å². The normalized spacial score (nSPS) is 11.8. The largest absolute Gasteiger partial charge is 0.481 e. The molecule has 86 valence electrons. The van der Waals surface area contributed by atoms with E-state index < -0.39 is 30.4 Å². The minimum Gasteiger partial charge on any atom is -0.481 e. The van der Waals surface area contributed by atoms with Crippen LogP contribution in [0.15, 0.2) is 0 Å². The second kappa shape index (κ2) is 6.77. The molecule has 0 bridgehead atoms. The number of esters is 1. The maximum absolute atomic E-state index is 10.7. The van der Waals surface area contributed by atoms with Crippen LogP contribution in [0.3, 0.4) is 0 Å². The fourth-order valence-electron chi connectivity index (χ4n) is 0.872. The number of hydrogen-bond acceptors (Lipinski definition) is 5. The van der Waals surface area contributed by atoms with Crippen molar-refractivity contribution in [1.82, 2.24) is 5.32 Å². The molecular formula is C8H13NO6. The fraction of sp³-hybridized carbons (Fsp3) is 0.625. The molecule has 0 saturated carbocycles. The Bertz CT molecular complexity index is 252. The summed E-state index contributed by atoms with van der Waals surface area (Å²) in [5, 5.41) is 19.4. The van der Waals surface area contributed by atoms with Crippen molar-refractivity contribution in [2.45, 2.75) is 18.9 Å². The topological polar surface area (TPSA) is 113 Å². The van der Waals surface area contributed by atoms with Gasteiger partial charge in [-0.2, -0.15) is 0 Å². The highest BCUT2D eigenvalue weighted by molar-refractivity contribution is 5.80. The molecule has 0 aromatic rings. The van der Waals surface area contributed by atoms with E-state index in [9.17, 15) is 14.4 Å². The van der Waals surface area contributed by atoms with E-state index in [0.717, 1.165) is 0 Å². The minimum absolute atomic E-state index is 0.000100. The molecular weight excluding hydrogens is 206 g/mol. The van der Waals surface area contributed by atoms with E-state index >= 15 is 0 Å². The number of carbonyl (C=O) groups excluding carboxylic acids is 1. The van der Waals surface area contributed by atoms with Crippen LogP contribution in [0.1, 0.15) is 12.8 Å².